The van der Waals surface area contributed by atoms with Gasteiger partial charge in [0.2, 0.25) is 5.76 Å². The van der Waals surface area contributed by atoms with Gasteiger partial charge in [0.1, 0.15) is 18.7 Å². The quantitative estimate of drug-likeness (QED) is 0.715. The number of hydrogen-bond acceptors (Lipinski definition) is 4. The Balaban J connectivity index is 1.97. The van der Waals surface area contributed by atoms with Crippen LogP contribution in [-0.4, -0.2) is 38.0 Å². The predicted octanol–water partition coefficient (Wildman–Crippen LogP) is 2.77. The molecular weight excluding hydrogens is 310 g/mol. The van der Waals surface area contributed by atoms with E-state index in [1.54, 1.807) is 6.07 Å². The molecule has 1 aromatic heterocycles. The molecule has 5 heteroatoms. The summed E-state index contributed by atoms with van der Waals surface area (Å²) in [5.74, 6) is 1.98. The lowest BCUT2D eigenvalue weighted by Gasteiger charge is -2.14. The Labute approximate surface area is 142 Å². The smallest absolute Gasteiger partial charge is 0.374 e. The van der Waals surface area contributed by atoms with E-state index in [1.807, 2.05) is 23.9 Å². The molecule has 0 aliphatic rings. The Hall–Kier alpha value is -1.46. The number of nitrogens with one attached hydrogen (secondary N) is 1. The van der Waals surface area contributed by atoms with Crippen LogP contribution in [0.3, 0.4) is 0 Å². The van der Waals surface area contributed by atoms with E-state index in [4.69, 9.17) is 9.15 Å². The van der Waals surface area contributed by atoms with Crippen molar-refractivity contribution in [3.8, 4) is 0 Å². The van der Waals surface area contributed by atoms with Gasteiger partial charge in [-0.25, -0.2) is 4.79 Å². The maximum Gasteiger partial charge on any atom is 0.374 e. The molecule has 4 nitrogen and oxygen atoms in total. The predicted molar refractivity (Wildman–Crippen MR) is 95.2 cm³/mol. The van der Waals surface area contributed by atoms with Crippen LogP contribution >= 0.6 is 11.8 Å². The number of likely N-dealkylation sites (N-methyl/N-ethyl adjacent to an activating group) is 1. The van der Waals surface area contributed by atoms with Gasteiger partial charge in [0, 0.05) is 11.1 Å². The molecule has 0 atom stereocenters. The average molecular weight is 336 g/mol. The largest absolute Gasteiger partial charge is 0.454 e. The molecule has 1 heterocycles. The summed E-state index contributed by atoms with van der Waals surface area (Å²) in [5.41, 5.74) is 1.98. The second-order valence-electron chi connectivity index (χ2n) is 5.46. The van der Waals surface area contributed by atoms with Crippen molar-refractivity contribution in [2.24, 2.45) is 0 Å². The van der Waals surface area contributed by atoms with E-state index < -0.39 is 0 Å². The van der Waals surface area contributed by atoms with E-state index >= 15 is 0 Å². The van der Waals surface area contributed by atoms with E-state index in [0.29, 0.717) is 6.61 Å². The van der Waals surface area contributed by atoms with E-state index in [2.05, 4.69) is 26.8 Å². The molecule has 0 unspecified atom stereocenters. The number of thioether (sulfide) groups is 1. The summed E-state index contributed by atoms with van der Waals surface area (Å²) in [6, 6.07) is 7.84. The van der Waals surface area contributed by atoms with Gasteiger partial charge in [-0.15, -0.1) is 0 Å². The average Bonchev–Trinajstić information content (AvgIpc) is 3.00. The van der Waals surface area contributed by atoms with Crippen LogP contribution in [0.25, 0.3) is 11.0 Å². The van der Waals surface area contributed by atoms with E-state index in [9.17, 15) is 4.79 Å². The van der Waals surface area contributed by atoms with Crippen LogP contribution in [0.15, 0.2) is 28.7 Å². The van der Waals surface area contributed by atoms with Crippen LogP contribution in [0, 0.1) is 0 Å². The van der Waals surface area contributed by atoms with Crippen molar-refractivity contribution in [2.45, 2.75) is 26.5 Å². The van der Waals surface area contributed by atoms with Gasteiger partial charge in [-0.3, -0.25) is 0 Å². The molecule has 0 aliphatic carbocycles. The van der Waals surface area contributed by atoms with Crippen LogP contribution < -0.4 is 4.90 Å². The number of furan rings is 1. The van der Waals surface area contributed by atoms with Crippen molar-refractivity contribution in [1.82, 2.24) is 0 Å². The zero-order chi connectivity index (χ0) is 16.7. The molecule has 0 bridgehead atoms. The Kier molecular flexibility index (Phi) is 6.99. The second-order valence-corrected chi connectivity index (χ2v) is 6.74. The molecule has 1 aromatic carbocycles. The molecule has 126 valence electrons. The third kappa shape index (κ3) is 5.01. The summed E-state index contributed by atoms with van der Waals surface area (Å²) in [6.45, 7) is 9.74. The molecule has 0 radical (unpaired) electrons. The summed E-state index contributed by atoms with van der Waals surface area (Å²) in [5, 5.41) is 0.959. The topological polar surface area (TPSA) is 43.9 Å². The summed E-state index contributed by atoms with van der Waals surface area (Å²) >= 11 is 1.88. The Morgan fingerprint density at radius 1 is 1.22 bits per heavy atom. The van der Waals surface area contributed by atoms with Gasteiger partial charge in [0.05, 0.1) is 13.1 Å². The van der Waals surface area contributed by atoms with Gasteiger partial charge >= 0.3 is 5.97 Å². The van der Waals surface area contributed by atoms with Gasteiger partial charge in [0.25, 0.3) is 0 Å². The highest BCUT2D eigenvalue weighted by atomic mass is 32.2. The number of rotatable bonds is 9. The standard InChI is InChI=1S/C18H25NO3S/c1-4-19(5-2)9-10-21-18(20)17-12-15-11-14(13-23-6-3)7-8-16(15)22-17/h7-8,11-12H,4-6,9-10,13H2,1-3H3/p+1. The molecule has 0 fully saturated rings. The van der Waals surface area contributed by atoms with E-state index in [1.165, 1.54) is 10.5 Å². The highest BCUT2D eigenvalue weighted by Gasteiger charge is 2.15. The lowest BCUT2D eigenvalue weighted by molar-refractivity contribution is -0.896. The SMILES string of the molecule is CCSCc1ccc2oc(C(=O)OCC[NH+](CC)CC)cc2c1. The monoisotopic (exact) mass is 336 g/mol. The zero-order valence-electron chi connectivity index (χ0n) is 14.2. The first-order chi connectivity index (χ1) is 11.2. The summed E-state index contributed by atoms with van der Waals surface area (Å²) in [4.78, 5) is 13.5. The Morgan fingerprint density at radius 2 is 2.00 bits per heavy atom. The maximum absolute atomic E-state index is 12.1. The number of hydrogen-bond donors (Lipinski definition) is 1. The fourth-order valence-corrected chi connectivity index (χ4v) is 3.09. The molecule has 0 spiro atoms. The van der Waals surface area contributed by atoms with Crippen LogP contribution in [-0.2, 0) is 10.5 Å². The van der Waals surface area contributed by atoms with Crippen LogP contribution in [0.5, 0.6) is 0 Å². The van der Waals surface area contributed by atoms with Crippen molar-refractivity contribution in [1.29, 1.82) is 0 Å². The van der Waals surface area contributed by atoms with E-state index in [-0.39, 0.29) is 11.7 Å². The Bertz CT molecular complexity index is 634. The van der Waals surface area contributed by atoms with E-state index in [0.717, 1.165) is 42.1 Å². The summed E-state index contributed by atoms with van der Waals surface area (Å²) < 4.78 is 10.9. The molecule has 0 saturated heterocycles. The Morgan fingerprint density at radius 3 is 2.70 bits per heavy atom. The number of carbonyl (C=O) groups excluding carboxylic acids is 1. The maximum atomic E-state index is 12.1. The highest BCUT2D eigenvalue weighted by molar-refractivity contribution is 7.98. The minimum Gasteiger partial charge on any atom is -0.454 e. The number of ether oxygens (including phenoxy) is 1. The van der Waals surface area contributed by atoms with Gasteiger partial charge in [-0.2, -0.15) is 11.8 Å². The van der Waals surface area contributed by atoms with Crippen molar-refractivity contribution in [2.75, 3.05) is 32.0 Å². The molecule has 23 heavy (non-hydrogen) atoms. The van der Waals surface area contributed by atoms with Crippen LogP contribution in [0.1, 0.15) is 36.9 Å². The molecule has 0 aliphatic heterocycles. The number of quaternary nitrogens is 1. The van der Waals surface area contributed by atoms with Crippen LogP contribution in [0.2, 0.25) is 0 Å². The minimum absolute atomic E-state index is 0.287. The van der Waals surface area contributed by atoms with Crippen molar-refractivity contribution in [3.63, 3.8) is 0 Å². The fourth-order valence-electron chi connectivity index (χ4n) is 2.47. The minimum atomic E-state index is -0.378. The summed E-state index contributed by atoms with van der Waals surface area (Å²) in [6.07, 6.45) is 0. The van der Waals surface area contributed by atoms with Crippen molar-refractivity contribution in [3.05, 3.63) is 35.6 Å². The van der Waals surface area contributed by atoms with Gasteiger partial charge < -0.3 is 14.1 Å². The third-order valence-electron chi connectivity index (χ3n) is 3.94. The molecular formula is C18H26NO3S+. The number of esters is 1. The molecule has 0 amide bonds. The van der Waals surface area contributed by atoms with Gasteiger partial charge in [0.15, 0.2) is 0 Å². The van der Waals surface area contributed by atoms with Crippen molar-refractivity contribution < 1.29 is 18.8 Å². The van der Waals surface area contributed by atoms with Crippen LogP contribution in [0.4, 0.5) is 0 Å². The second kappa shape index (κ2) is 8.99. The molecule has 1 N–H and O–H groups in total. The number of benzene rings is 1. The first kappa shape index (κ1) is 17.9. The molecule has 0 saturated carbocycles. The fraction of sp³-hybridized carbons (Fsp3) is 0.500. The third-order valence-corrected chi connectivity index (χ3v) is 4.89. The molecule has 2 rings (SSSR count). The first-order valence-corrected chi connectivity index (χ1v) is 9.44. The lowest BCUT2D eigenvalue weighted by Crippen LogP contribution is -3.11. The van der Waals surface area contributed by atoms with Gasteiger partial charge in [-0.05, 0) is 43.4 Å². The number of fused-ring (bicyclic) bond motifs is 1. The zero-order valence-corrected chi connectivity index (χ0v) is 15.0. The highest BCUT2D eigenvalue weighted by Crippen LogP contribution is 2.23. The first-order valence-electron chi connectivity index (χ1n) is 8.28. The van der Waals surface area contributed by atoms with Gasteiger partial charge in [-0.1, -0.05) is 13.0 Å². The lowest BCUT2D eigenvalue weighted by atomic mass is 10.2. The number of carbonyl (C=O) groups is 1. The summed E-state index contributed by atoms with van der Waals surface area (Å²) in [7, 11) is 0. The molecule has 2 aromatic rings. The van der Waals surface area contributed by atoms with Crippen molar-refractivity contribution >= 4 is 28.7 Å². The normalized spacial score (nSPS) is 11.3.